The van der Waals surface area contributed by atoms with Crippen molar-refractivity contribution in [2.24, 2.45) is 0 Å². The molecule has 0 saturated heterocycles. The van der Waals surface area contributed by atoms with Crippen LogP contribution in [0.3, 0.4) is 0 Å². The second-order valence-electron chi connectivity index (χ2n) is 5.25. The standard InChI is InChI=1S/C20H23FO5/c1-6-26-12-15(13-7-8-17(22-2)16(21)9-13)14-10-18(23-3)20(25-5)19(11-14)24-4/h7-12H,6H2,1-5H3/b15-12+. The van der Waals surface area contributed by atoms with Gasteiger partial charge in [-0.2, -0.15) is 0 Å². The van der Waals surface area contributed by atoms with Crippen molar-refractivity contribution >= 4 is 5.57 Å². The minimum absolute atomic E-state index is 0.175. The van der Waals surface area contributed by atoms with Gasteiger partial charge < -0.3 is 23.7 Å². The Bertz CT molecular complexity index is 761. The molecule has 2 aromatic rings. The van der Waals surface area contributed by atoms with E-state index in [4.69, 9.17) is 23.7 Å². The van der Waals surface area contributed by atoms with E-state index >= 15 is 0 Å². The summed E-state index contributed by atoms with van der Waals surface area (Å²) < 4.78 is 40.8. The van der Waals surface area contributed by atoms with E-state index < -0.39 is 5.82 Å². The smallest absolute Gasteiger partial charge is 0.203 e. The minimum Gasteiger partial charge on any atom is -0.501 e. The average molecular weight is 362 g/mol. The van der Waals surface area contributed by atoms with Crippen molar-refractivity contribution in [1.82, 2.24) is 0 Å². The molecule has 5 nitrogen and oxygen atoms in total. The number of hydrogen-bond donors (Lipinski definition) is 0. The van der Waals surface area contributed by atoms with Crippen LogP contribution in [0.15, 0.2) is 36.6 Å². The van der Waals surface area contributed by atoms with Crippen LogP contribution in [0.5, 0.6) is 23.0 Å². The summed E-state index contributed by atoms with van der Waals surface area (Å²) in [6.07, 6.45) is 1.59. The average Bonchev–Trinajstić information content (AvgIpc) is 2.67. The van der Waals surface area contributed by atoms with Gasteiger partial charge >= 0.3 is 0 Å². The van der Waals surface area contributed by atoms with Gasteiger partial charge in [0.25, 0.3) is 0 Å². The lowest BCUT2D eigenvalue weighted by atomic mass is 9.98. The summed E-state index contributed by atoms with van der Waals surface area (Å²) in [6, 6.07) is 8.30. The first-order chi connectivity index (χ1) is 12.6. The Kier molecular flexibility index (Phi) is 6.72. The fourth-order valence-corrected chi connectivity index (χ4v) is 2.54. The summed E-state index contributed by atoms with van der Waals surface area (Å²) >= 11 is 0. The molecule has 2 aromatic carbocycles. The maximum Gasteiger partial charge on any atom is 0.203 e. The number of halogens is 1. The van der Waals surface area contributed by atoms with Crippen LogP contribution in [0.4, 0.5) is 4.39 Å². The van der Waals surface area contributed by atoms with Gasteiger partial charge in [-0.05, 0) is 42.3 Å². The SMILES string of the molecule is CCO/C=C(\c1ccc(OC)c(F)c1)c1cc(OC)c(OC)c(OC)c1. The van der Waals surface area contributed by atoms with Gasteiger partial charge in [0.15, 0.2) is 23.1 Å². The van der Waals surface area contributed by atoms with Gasteiger partial charge in [0.1, 0.15) is 0 Å². The second kappa shape index (κ2) is 8.99. The van der Waals surface area contributed by atoms with Gasteiger partial charge in [-0.25, -0.2) is 4.39 Å². The number of methoxy groups -OCH3 is 4. The van der Waals surface area contributed by atoms with Crippen molar-refractivity contribution in [2.45, 2.75) is 6.92 Å². The molecule has 0 fully saturated rings. The first-order valence-electron chi connectivity index (χ1n) is 8.05. The molecule has 0 amide bonds. The highest BCUT2D eigenvalue weighted by molar-refractivity contribution is 5.81. The molecule has 0 radical (unpaired) electrons. The molecule has 0 aliphatic heterocycles. The van der Waals surface area contributed by atoms with Crippen molar-refractivity contribution in [3.63, 3.8) is 0 Å². The summed E-state index contributed by atoms with van der Waals surface area (Å²) in [6.45, 7) is 2.35. The molecule has 0 saturated carbocycles. The normalized spacial score (nSPS) is 11.1. The zero-order valence-electron chi connectivity index (χ0n) is 15.6. The minimum atomic E-state index is -0.458. The predicted octanol–water partition coefficient (Wildman–Crippen LogP) is 4.29. The number of rotatable bonds is 8. The van der Waals surface area contributed by atoms with Crippen molar-refractivity contribution < 1.29 is 28.1 Å². The van der Waals surface area contributed by atoms with E-state index in [0.29, 0.717) is 35.0 Å². The van der Waals surface area contributed by atoms with Gasteiger partial charge in [-0.3, -0.25) is 0 Å². The Hall–Kier alpha value is -2.89. The van der Waals surface area contributed by atoms with Crippen molar-refractivity contribution in [3.05, 3.63) is 53.5 Å². The van der Waals surface area contributed by atoms with Crippen LogP contribution in [0.25, 0.3) is 5.57 Å². The lowest BCUT2D eigenvalue weighted by Gasteiger charge is -2.16. The lowest BCUT2D eigenvalue weighted by Crippen LogP contribution is -1.99. The van der Waals surface area contributed by atoms with Gasteiger partial charge in [0.05, 0.1) is 41.3 Å². The van der Waals surface area contributed by atoms with E-state index in [2.05, 4.69) is 0 Å². The van der Waals surface area contributed by atoms with Crippen molar-refractivity contribution in [1.29, 1.82) is 0 Å². The van der Waals surface area contributed by atoms with Crippen LogP contribution in [-0.2, 0) is 4.74 Å². The third kappa shape index (κ3) is 4.02. The molecule has 0 aliphatic carbocycles. The van der Waals surface area contributed by atoms with E-state index in [-0.39, 0.29) is 5.75 Å². The van der Waals surface area contributed by atoms with Crippen LogP contribution in [0.1, 0.15) is 18.1 Å². The first kappa shape index (κ1) is 19.4. The molecule has 0 aromatic heterocycles. The fraction of sp³-hybridized carbons (Fsp3) is 0.300. The third-order valence-electron chi connectivity index (χ3n) is 3.81. The van der Waals surface area contributed by atoms with Crippen molar-refractivity contribution in [3.8, 4) is 23.0 Å². The van der Waals surface area contributed by atoms with E-state index in [0.717, 1.165) is 5.56 Å². The monoisotopic (exact) mass is 362 g/mol. The highest BCUT2D eigenvalue weighted by atomic mass is 19.1. The van der Waals surface area contributed by atoms with Gasteiger partial charge in [0.2, 0.25) is 5.75 Å². The van der Waals surface area contributed by atoms with Crippen molar-refractivity contribution in [2.75, 3.05) is 35.0 Å². The molecule has 6 heteroatoms. The van der Waals surface area contributed by atoms with Crippen LogP contribution in [0.2, 0.25) is 0 Å². The summed E-state index contributed by atoms with van der Waals surface area (Å²) in [7, 11) is 6.05. The third-order valence-corrected chi connectivity index (χ3v) is 3.81. The van der Waals surface area contributed by atoms with Crippen LogP contribution in [-0.4, -0.2) is 35.0 Å². The highest BCUT2D eigenvalue weighted by Gasteiger charge is 2.17. The fourth-order valence-electron chi connectivity index (χ4n) is 2.54. The Labute approximate surface area is 152 Å². The molecule has 2 rings (SSSR count). The summed E-state index contributed by atoms with van der Waals surface area (Å²) in [4.78, 5) is 0. The molecule has 0 spiro atoms. The number of hydrogen-bond acceptors (Lipinski definition) is 5. The summed E-state index contributed by atoms with van der Waals surface area (Å²) in [5.74, 6) is 1.20. The molecule has 0 aliphatic rings. The zero-order chi connectivity index (χ0) is 19.1. The maximum absolute atomic E-state index is 14.2. The zero-order valence-corrected chi connectivity index (χ0v) is 15.6. The lowest BCUT2D eigenvalue weighted by molar-refractivity contribution is 0.271. The Balaban J connectivity index is 2.63. The van der Waals surface area contributed by atoms with Crippen LogP contribution < -0.4 is 18.9 Å². The molecule has 0 atom stereocenters. The molecule has 0 bridgehead atoms. The topological polar surface area (TPSA) is 46.2 Å². The van der Waals surface area contributed by atoms with E-state index in [9.17, 15) is 4.39 Å². The van der Waals surface area contributed by atoms with Crippen LogP contribution >= 0.6 is 0 Å². The van der Waals surface area contributed by atoms with E-state index in [1.165, 1.54) is 20.3 Å². The molecule has 26 heavy (non-hydrogen) atoms. The largest absolute Gasteiger partial charge is 0.501 e. The first-order valence-corrected chi connectivity index (χ1v) is 8.05. The number of ether oxygens (including phenoxy) is 5. The van der Waals surface area contributed by atoms with Gasteiger partial charge in [0, 0.05) is 5.57 Å². The highest BCUT2D eigenvalue weighted by Crippen LogP contribution is 2.41. The summed E-state index contributed by atoms with van der Waals surface area (Å²) in [5, 5.41) is 0. The predicted molar refractivity (Wildman–Crippen MR) is 97.8 cm³/mol. The number of benzene rings is 2. The van der Waals surface area contributed by atoms with Gasteiger partial charge in [-0.15, -0.1) is 0 Å². The molecular weight excluding hydrogens is 339 g/mol. The molecule has 140 valence electrons. The second-order valence-corrected chi connectivity index (χ2v) is 5.25. The molecule has 0 unspecified atom stereocenters. The Morgan fingerprint density at radius 3 is 1.92 bits per heavy atom. The summed E-state index contributed by atoms with van der Waals surface area (Å²) in [5.41, 5.74) is 2.04. The van der Waals surface area contributed by atoms with Gasteiger partial charge in [-0.1, -0.05) is 6.07 Å². The quantitative estimate of drug-likeness (QED) is 0.656. The Morgan fingerprint density at radius 2 is 1.46 bits per heavy atom. The molecular formula is C20H23FO5. The maximum atomic E-state index is 14.2. The van der Waals surface area contributed by atoms with E-state index in [1.807, 2.05) is 6.92 Å². The van der Waals surface area contributed by atoms with Crippen LogP contribution in [0, 0.1) is 5.82 Å². The van der Waals surface area contributed by atoms with E-state index in [1.54, 1.807) is 44.7 Å². The Morgan fingerprint density at radius 1 is 0.846 bits per heavy atom. The molecule has 0 heterocycles. The molecule has 0 N–H and O–H groups in total.